The second-order valence-electron chi connectivity index (χ2n) is 4.99. The zero-order chi connectivity index (χ0) is 13.9. The first-order valence-corrected chi connectivity index (χ1v) is 6.53. The van der Waals surface area contributed by atoms with E-state index in [0.717, 1.165) is 31.7 Å². The number of alkyl halides is 3. The minimum absolute atomic E-state index is 0.0865. The first kappa shape index (κ1) is 14.2. The molecule has 0 atom stereocenters. The van der Waals surface area contributed by atoms with E-state index in [-0.39, 0.29) is 12.3 Å². The summed E-state index contributed by atoms with van der Waals surface area (Å²) in [6.45, 7) is 0.455. The summed E-state index contributed by atoms with van der Waals surface area (Å²) in [6, 6.07) is 4.03. The lowest BCUT2D eigenvalue weighted by Crippen LogP contribution is -2.14. The minimum atomic E-state index is -4.41. The van der Waals surface area contributed by atoms with Gasteiger partial charge in [0, 0.05) is 6.54 Å². The Bertz CT molecular complexity index is 425. The predicted octanol–water partition coefficient (Wildman–Crippen LogP) is 3.73. The number of ether oxygens (including phenoxy) is 1. The maximum atomic E-state index is 12.9. The number of hydrogen-bond donors (Lipinski definition) is 1. The Kier molecular flexibility index (Phi) is 4.34. The highest BCUT2D eigenvalue weighted by atomic mass is 19.4. The highest BCUT2D eigenvalue weighted by Gasteiger charge is 2.34. The van der Waals surface area contributed by atoms with Gasteiger partial charge in [-0.1, -0.05) is 18.9 Å². The molecule has 1 aromatic rings. The highest BCUT2D eigenvalue weighted by molar-refractivity contribution is 5.39. The van der Waals surface area contributed by atoms with Crippen LogP contribution in [0.4, 0.5) is 13.2 Å². The fourth-order valence-corrected chi connectivity index (χ4v) is 2.44. The summed E-state index contributed by atoms with van der Waals surface area (Å²) >= 11 is 0. The van der Waals surface area contributed by atoms with Crippen molar-refractivity contribution in [2.75, 3.05) is 6.61 Å². The summed E-state index contributed by atoms with van der Waals surface area (Å²) in [6.07, 6.45) is -0.0286. The third-order valence-electron chi connectivity index (χ3n) is 3.53. The van der Waals surface area contributed by atoms with Crippen molar-refractivity contribution in [1.29, 1.82) is 0 Å². The van der Waals surface area contributed by atoms with E-state index in [1.54, 1.807) is 6.07 Å². The molecule has 2 nitrogen and oxygen atoms in total. The summed E-state index contributed by atoms with van der Waals surface area (Å²) in [7, 11) is 0. The van der Waals surface area contributed by atoms with E-state index in [2.05, 4.69) is 0 Å². The van der Waals surface area contributed by atoms with Crippen molar-refractivity contribution < 1.29 is 17.9 Å². The van der Waals surface area contributed by atoms with Crippen LogP contribution in [0.1, 0.15) is 36.8 Å². The molecule has 0 heterocycles. The summed E-state index contributed by atoms with van der Waals surface area (Å²) in [5.41, 5.74) is 5.11. The van der Waals surface area contributed by atoms with Gasteiger partial charge < -0.3 is 10.5 Å². The van der Waals surface area contributed by atoms with E-state index in [1.165, 1.54) is 6.07 Å². The second kappa shape index (κ2) is 5.82. The molecule has 0 bridgehead atoms. The van der Waals surface area contributed by atoms with Crippen LogP contribution in [-0.2, 0) is 12.7 Å². The number of hydrogen-bond acceptors (Lipinski definition) is 2. The molecule has 2 N–H and O–H groups in total. The van der Waals surface area contributed by atoms with Crippen molar-refractivity contribution in [3.05, 3.63) is 29.3 Å². The Morgan fingerprint density at radius 2 is 1.89 bits per heavy atom. The van der Waals surface area contributed by atoms with Crippen molar-refractivity contribution in [3.63, 3.8) is 0 Å². The molecule has 0 amide bonds. The van der Waals surface area contributed by atoms with Crippen LogP contribution in [0.2, 0.25) is 0 Å². The van der Waals surface area contributed by atoms with E-state index in [4.69, 9.17) is 10.5 Å². The molecular weight excluding hydrogens is 255 g/mol. The molecule has 0 saturated heterocycles. The molecule has 106 valence electrons. The fraction of sp³-hybridized carbons (Fsp3) is 0.571. The third-order valence-corrected chi connectivity index (χ3v) is 3.53. The standard InChI is InChI=1S/C14H18F3NO/c15-14(16,17)12-7-11(8-18)5-6-13(12)19-9-10-3-1-2-4-10/h5-7,10H,1-4,8-9,18H2. The van der Waals surface area contributed by atoms with Crippen LogP contribution in [0.15, 0.2) is 18.2 Å². The van der Waals surface area contributed by atoms with Crippen LogP contribution in [0.5, 0.6) is 5.75 Å². The Labute approximate surface area is 110 Å². The van der Waals surface area contributed by atoms with E-state index in [0.29, 0.717) is 18.1 Å². The average Bonchev–Trinajstić information content (AvgIpc) is 2.88. The molecule has 0 aromatic heterocycles. The van der Waals surface area contributed by atoms with Crippen molar-refractivity contribution >= 4 is 0 Å². The second-order valence-corrected chi connectivity index (χ2v) is 4.99. The molecule has 0 aliphatic heterocycles. The molecule has 2 rings (SSSR count). The topological polar surface area (TPSA) is 35.2 Å². The van der Waals surface area contributed by atoms with Gasteiger partial charge in [-0.25, -0.2) is 0 Å². The molecule has 5 heteroatoms. The predicted molar refractivity (Wildman–Crippen MR) is 66.8 cm³/mol. The van der Waals surface area contributed by atoms with Crippen molar-refractivity contribution in [2.45, 2.75) is 38.4 Å². The summed E-state index contributed by atoms with van der Waals surface area (Å²) in [5, 5.41) is 0. The Morgan fingerprint density at radius 3 is 2.47 bits per heavy atom. The Morgan fingerprint density at radius 1 is 1.21 bits per heavy atom. The van der Waals surface area contributed by atoms with Crippen LogP contribution in [0.25, 0.3) is 0 Å². The van der Waals surface area contributed by atoms with Crippen LogP contribution in [0, 0.1) is 5.92 Å². The molecule has 0 spiro atoms. The molecule has 1 fully saturated rings. The monoisotopic (exact) mass is 273 g/mol. The first-order chi connectivity index (χ1) is 9.00. The van der Waals surface area contributed by atoms with Gasteiger partial charge in [0.1, 0.15) is 5.75 Å². The maximum Gasteiger partial charge on any atom is 0.419 e. The first-order valence-electron chi connectivity index (χ1n) is 6.53. The lowest BCUT2D eigenvalue weighted by molar-refractivity contribution is -0.139. The van der Waals surface area contributed by atoms with Gasteiger partial charge in [0.15, 0.2) is 0 Å². The lowest BCUT2D eigenvalue weighted by atomic mass is 10.1. The minimum Gasteiger partial charge on any atom is -0.493 e. The summed E-state index contributed by atoms with van der Waals surface area (Å²) < 4.78 is 44.2. The zero-order valence-corrected chi connectivity index (χ0v) is 10.7. The number of nitrogens with two attached hydrogens (primary N) is 1. The number of rotatable bonds is 4. The van der Waals surface area contributed by atoms with Gasteiger partial charge in [-0.15, -0.1) is 0 Å². The zero-order valence-electron chi connectivity index (χ0n) is 10.7. The molecule has 19 heavy (non-hydrogen) atoms. The molecule has 0 radical (unpaired) electrons. The molecule has 1 saturated carbocycles. The van der Waals surface area contributed by atoms with Crippen molar-refractivity contribution in [1.82, 2.24) is 0 Å². The molecule has 1 aliphatic rings. The Balaban J connectivity index is 2.13. The molecule has 0 unspecified atom stereocenters. The number of benzene rings is 1. The lowest BCUT2D eigenvalue weighted by Gasteiger charge is -2.17. The smallest absolute Gasteiger partial charge is 0.419 e. The van der Waals surface area contributed by atoms with Crippen LogP contribution in [-0.4, -0.2) is 6.61 Å². The van der Waals surface area contributed by atoms with Crippen LogP contribution >= 0.6 is 0 Å². The average molecular weight is 273 g/mol. The number of halogens is 3. The van der Waals surface area contributed by atoms with Crippen LogP contribution < -0.4 is 10.5 Å². The van der Waals surface area contributed by atoms with Gasteiger partial charge in [-0.2, -0.15) is 13.2 Å². The van der Waals surface area contributed by atoms with E-state index in [9.17, 15) is 13.2 Å². The van der Waals surface area contributed by atoms with Crippen molar-refractivity contribution in [3.8, 4) is 5.75 Å². The fourth-order valence-electron chi connectivity index (χ4n) is 2.44. The SMILES string of the molecule is NCc1ccc(OCC2CCCC2)c(C(F)(F)F)c1. The van der Waals surface area contributed by atoms with Crippen LogP contribution in [0.3, 0.4) is 0 Å². The van der Waals surface area contributed by atoms with Crippen molar-refractivity contribution in [2.24, 2.45) is 11.7 Å². The normalized spacial score (nSPS) is 16.8. The highest BCUT2D eigenvalue weighted by Crippen LogP contribution is 2.37. The molecule has 1 aromatic carbocycles. The molecule has 1 aliphatic carbocycles. The third kappa shape index (κ3) is 3.62. The van der Waals surface area contributed by atoms with Gasteiger partial charge in [-0.05, 0) is 36.5 Å². The van der Waals surface area contributed by atoms with Gasteiger partial charge in [-0.3, -0.25) is 0 Å². The summed E-state index contributed by atoms with van der Waals surface area (Å²) in [4.78, 5) is 0. The van der Waals surface area contributed by atoms with E-state index in [1.807, 2.05) is 0 Å². The Hall–Kier alpha value is -1.23. The quantitative estimate of drug-likeness (QED) is 0.907. The van der Waals surface area contributed by atoms with Gasteiger partial charge in [0.05, 0.1) is 12.2 Å². The maximum absolute atomic E-state index is 12.9. The summed E-state index contributed by atoms with van der Waals surface area (Å²) in [5.74, 6) is 0.298. The van der Waals surface area contributed by atoms with Gasteiger partial charge in [0.2, 0.25) is 0 Å². The van der Waals surface area contributed by atoms with Gasteiger partial charge >= 0.3 is 6.18 Å². The molecular formula is C14H18F3NO. The van der Waals surface area contributed by atoms with E-state index < -0.39 is 11.7 Å². The van der Waals surface area contributed by atoms with E-state index >= 15 is 0 Å². The van der Waals surface area contributed by atoms with Gasteiger partial charge in [0.25, 0.3) is 0 Å². The largest absolute Gasteiger partial charge is 0.493 e.